The molecule has 1 aliphatic rings. The predicted molar refractivity (Wildman–Crippen MR) is 89.2 cm³/mol. The molecule has 22 heavy (non-hydrogen) atoms. The van der Waals surface area contributed by atoms with E-state index >= 15 is 0 Å². The van der Waals surface area contributed by atoms with Gasteiger partial charge >= 0.3 is 0 Å². The number of hydrogen-bond donors (Lipinski definition) is 2. The van der Waals surface area contributed by atoms with E-state index in [1.165, 1.54) is 0 Å². The molecule has 6 heteroatoms. The first-order chi connectivity index (χ1) is 10.6. The molecule has 1 aromatic carbocycles. The van der Waals surface area contributed by atoms with Crippen molar-refractivity contribution in [3.63, 3.8) is 0 Å². The Kier molecular flexibility index (Phi) is 6.39. The minimum Gasteiger partial charge on any atom is -0.497 e. The number of hydrogen-bond acceptors (Lipinski definition) is 5. The molecule has 0 aliphatic carbocycles. The number of amides is 1. The fraction of sp³-hybridized carbons (Fsp3) is 0.562. The van der Waals surface area contributed by atoms with Gasteiger partial charge in [0, 0.05) is 24.3 Å². The molecule has 5 nitrogen and oxygen atoms in total. The summed E-state index contributed by atoms with van der Waals surface area (Å²) in [6.45, 7) is 2.14. The van der Waals surface area contributed by atoms with E-state index in [0.29, 0.717) is 6.42 Å². The smallest absolute Gasteiger partial charge is 0.223 e. The number of rotatable bonds is 7. The highest BCUT2D eigenvalue weighted by atomic mass is 32.2. The van der Waals surface area contributed by atoms with Gasteiger partial charge in [-0.15, -0.1) is 11.8 Å². The zero-order valence-corrected chi connectivity index (χ0v) is 14.2. The number of methoxy groups -OCH3 is 2. The molecule has 2 N–H and O–H groups in total. The molecule has 0 saturated carbocycles. The van der Waals surface area contributed by atoms with E-state index in [9.17, 15) is 4.79 Å². The van der Waals surface area contributed by atoms with Gasteiger partial charge in [-0.1, -0.05) is 13.3 Å². The summed E-state index contributed by atoms with van der Waals surface area (Å²) in [5, 5.41) is 6.46. The van der Waals surface area contributed by atoms with Crippen molar-refractivity contribution in [2.75, 3.05) is 14.2 Å². The standard InChI is InChI=1S/C16H24N2O3S/c1-4-5-12-8-15(19)18-16(17-12)22-10-11-6-13(20-2)9-14(7-11)21-3/h6-7,9,12,16-17H,4-5,8,10H2,1-3H3,(H,18,19). The molecule has 1 heterocycles. The molecule has 1 aliphatic heterocycles. The summed E-state index contributed by atoms with van der Waals surface area (Å²) in [6.07, 6.45) is 2.67. The Morgan fingerprint density at radius 2 is 1.91 bits per heavy atom. The lowest BCUT2D eigenvalue weighted by molar-refractivity contribution is -0.123. The average molecular weight is 324 g/mol. The van der Waals surface area contributed by atoms with Crippen molar-refractivity contribution < 1.29 is 14.3 Å². The molecule has 1 aromatic rings. The number of carbonyl (C=O) groups is 1. The first kappa shape index (κ1) is 17.0. The van der Waals surface area contributed by atoms with Crippen LogP contribution in [0.1, 0.15) is 31.7 Å². The second-order valence-electron chi connectivity index (χ2n) is 5.34. The molecule has 1 amide bonds. The van der Waals surface area contributed by atoms with Gasteiger partial charge in [0.1, 0.15) is 17.0 Å². The molecule has 0 aromatic heterocycles. The second kappa shape index (κ2) is 8.29. The van der Waals surface area contributed by atoms with Crippen molar-refractivity contribution in [3.8, 4) is 11.5 Å². The third-order valence-corrected chi connectivity index (χ3v) is 4.66. The van der Waals surface area contributed by atoms with Crippen molar-refractivity contribution in [3.05, 3.63) is 23.8 Å². The van der Waals surface area contributed by atoms with Gasteiger partial charge in [-0.05, 0) is 24.1 Å². The Hall–Kier alpha value is -1.40. The number of benzene rings is 1. The highest BCUT2D eigenvalue weighted by Gasteiger charge is 2.25. The molecule has 2 rings (SSSR count). The van der Waals surface area contributed by atoms with Crippen LogP contribution in [0.3, 0.4) is 0 Å². The first-order valence-electron chi connectivity index (χ1n) is 7.53. The number of ether oxygens (including phenoxy) is 2. The van der Waals surface area contributed by atoms with E-state index in [4.69, 9.17) is 9.47 Å². The Morgan fingerprint density at radius 1 is 1.23 bits per heavy atom. The van der Waals surface area contributed by atoms with Gasteiger partial charge in [-0.3, -0.25) is 10.1 Å². The molecule has 2 atom stereocenters. The van der Waals surface area contributed by atoms with Crippen molar-refractivity contribution in [2.45, 2.75) is 43.5 Å². The van der Waals surface area contributed by atoms with Gasteiger partial charge in [-0.2, -0.15) is 0 Å². The monoisotopic (exact) mass is 324 g/mol. The molecule has 2 unspecified atom stereocenters. The molecule has 1 saturated heterocycles. The summed E-state index contributed by atoms with van der Waals surface area (Å²) in [5.41, 5.74) is 1.06. The van der Waals surface area contributed by atoms with Gasteiger partial charge < -0.3 is 14.8 Å². The summed E-state index contributed by atoms with van der Waals surface area (Å²) < 4.78 is 10.6. The maximum Gasteiger partial charge on any atom is 0.223 e. The zero-order chi connectivity index (χ0) is 15.9. The van der Waals surface area contributed by atoms with Crippen molar-refractivity contribution in [1.29, 1.82) is 0 Å². The minimum atomic E-state index is -0.0463. The molecule has 0 radical (unpaired) electrons. The van der Waals surface area contributed by atoms with Crippen molar-refractivity contribution >= 4 is 17.7 Å². The Labute approximate surface area is 136 Å². The third kappa shape index (κ3) is 4.81. The maximum absolute atomic E-state index is 11.8. The summed E-state index contributed by atoms with van der Waals surface area (Å²) in [4.78, 5) is 11.8. The van der Waals surface area contributed by atoms with E-state index in [1.807, 2.05) is 18.2 Å². The van der Waals surface area contributed by atoms with E-state index in [2.05, 4.69) is 17.6 Å². The van der Waals surface area contributed by atoms with E-state index < -0.39 is 0 Å². The van der Waals surface area contributed by atoms with Gasteiger partial charge in [0.2, 0.25) is 5.91 Å². The van der Waals surface area contributed by atoms with Crippen LogP contribution >= 0.6 is 11.8 Å². The van der Waals surface area contributed by atoms with Gasteiger partial charge in [0.05, 0.1) is 14.2 Å². The zero-order valence-electron chi connectivity index (χ0n) is 13.3. The third-order valence-electron chi connectivity index (χ3n) is 3.58. The molecule has 0 spiro atoms. The molecular formula is C16H24N2O3S. The maximum atomic E-state index is 11.8. The second-order valence-corrected chi connectivity index (χ2v) is 6.43. The Balaban J connectivity index is 1.95. The number of nitrogens with one attached hydrogen (secondary N) is 2. The molecule has 0 bridgehead atoms. The molecule has 1 fully saturated rings. The van der Waals surface area contributed by atoms with Gasteiger partial charge in [-0.25, -0.2) is 0 Å². The lowest BCUT2D eigenvalue weighted by Gasteiger charge is -2.31. The van der Waals surface area contributed by atoms with Crippen LogP contribution in [-0.2, 0) is 10.5 Å². The van der Waals surface area contributed by atoms with Crippen LogP contribution < -0.4 is 20.1 Å². The normalized spacial score (nSPS) is 21.3. The van der Waals surface area contributed by atoms with Crippen LogP contribution in [0, 0.1) is 0 Å². The van der Waals surface area contributed by atoms with Crippen LogP contribution in [0.25, 0.3) is 0 Å². The lowest BCUT2D eigenvalue weighted by Crippen LogP contribution is -2.54. The van der Waals surface area contributed by atoms with Gasteiger partial charge in [0.25, 0.3) is 0 Å². The number of carbonyl (C=O) groups excluding carboxylic acids is 1. The molecular weight excluding hydrogens is 300 g/mol. The Bertz CT molecular complexity index is 488. The van der Waals surface area contributed by atoms with Crippen LogP contribution in [0.15, 0.2) is 18.2 Å². The van der Waals surface area contributed by atoms with Crippen LogP contribution in [0.5, 0.6) is 11.5 Å². The topological polar surface area (TPSA) is 59.6 Å². The summed E-state index contributed by atoms with van der Waals surface area (Å²) in [6, 6.07) is 6.11. The first-order valence-corrected chi connectivity index (χ1v) is 8.58. The fourth-order valence-corrected chi connectivity index (χ4v) is 3.53. The molecule has 122 valence electrons. The quantitative estimate of drug-likeness (QED) is 0.807. The van der Waals surface area contributed by atoms with Crippen LogP contribution in [-0.4, -0.2) is 31.7 Å². The van der Waals surface area contributed by atoms with Crippen molar-refractivity contribution in [2.24, 2.45) is 0 Å². The van der Waals surface area contributed by atoms with Gasteiger partial charge in [0.15, 0.2) is 0 Å². The SMILES string of the molecule is CCCC1CC(=O)NC(SCc2cc(OC)cc(OC)c2)N1. The van der Waals surface area contributed by atoms with Crippen LogP contribution in [0.2, 0.25) is 0 Å². The lowest BCUT2D eigenvalue weighted by atomic mass is 10.1. The predicted octanol–water partition coefficient (Wildman–Crippen LogP) is 2.50. The highest BCUT2D eigenvalue weighted by Crippen LogP contribution is 2.26. The summed E-state index contributed by atoms with van der Waals surface area (Å²) in [5.74, 6) is 2.45. The largest absolute Gasteiger partial charge is 0.497 e. The Morgan fingerprint density at radius 3 is 2.50 bits per heavy atom. The average Bonchev–Trinajstić information content (AvgIpc) is 2.52. The van der Waals surface area contributed by atoms with E-state index in [1.54, 1.807) is 26.0 Å². The highest BCUT2D eigenvalue weighted by molar-refractivity contribution is 7.99. The minimum absolute atomic E-state index is 0.0463. The fourth-order valence-electron chi connectivity index (χ4n) is 2.50. The van der Waals surface area contributed by atoms with Crippen LogP contribution in [0.4, 0.5) is 0 Å². The van der Waals surface area contributed by atoms with E-state index in [-0.39, 0.29) is 17.4 Å². The summed E-state index contributed by atoms with van der Waals surface area (Å²) in [7, 11) is 3.29. The van der Waals surface area contributed by atoms with E-state index in [0.717, 1.165) is 35.7 Å². The number of thioether (sulfide) groups is 1. The summed E-state index contributed by atoms with van der Waals surface area (Å²) >= 11 is 1.67. The van der Waals surface area contributed by atoms with Crippen molar-refractivity contribution in [1.82, 2.24) is 10.6 Å².